The highest BCUT2D eigenvalue weighted by molar-refractivity contribution is 5.98. The van der Waals surface area contributed by atoms with Crippen LogP contribution in [0.1, 0.15) is 23.0 Å². The van der Waals surface area contributed by atoms with E-state index in [1.807, 2.05) is 13.0 Å². The smallest absolute Gasteiger partial charge is 0.338 e. The van der Waals surface area contributed by atoms with Gasteiger partial charge in [-0.1, -0.05) is 0 Å². The number of anilines is 1. The Hall–Kier alpha value is -4.21. The number of hydrogen-bond donors (Lipinski definition) is 1. The summed E-state index contributed by atoms with van der Waals surface area (Å²) in [5.74, 6) is -1.10. The van der Waals surface area contributed by atoms with Crippen molar-refractivity contribution in [1.29, 1.82) is 0 Å². The van der Waals surface area contributed by atoms with Crippen LogP contribution < -0.4 is 10.1 Å². The fourth-order valence-corrected chi connectivity index (χ4v) is 2.80. The van der Waals surface area contributed by atoms with Gasteiger partial charge in [0.05, 0.1) is 29.0 Å². The number of nitrogens with one attached hydrogen (secondary N) is 1. The summed E-state index contributed by atoms with van der Waals surface area (Å²) in [6, 6.07) is 12.2. The monoisotopic (exact) mass is 424 g/mol. The molecule has 160 valence electrons. The van der Waals surface area contributed by atoms with Gasteiger partial charge in [-0.2, -0.15) is 5.10 Å². The van der Waals surface area contributed by atoms with Gasteiger partial charge in [-0.25, -0.2) is 9.48 Å². The molecule has 0 aliphatic carbocycles. The molecule has 0 fully saturated rings. The largest absolute Gasteiger partial charge is 0.495 e. The van der Waals surface area contributed by atoms with Crippen molar-refractivity contribution in [2.24, 2.45) is 0 Å². The molecule has 1 aromatic heterocycles. The lowest BCUT2D eigenvalue weighted by Gasteiger charge is -2.15. The zero-order valence-corrected chi connectivity index (χ0v) is 17.1. The zero-order valence-electron chi connectivity index (χ0n) is 17.1. The molecular weight excluding hydrogens is 404 g/mol. The molecule has 1 amide bonds. The summed E-state index contributed by atoms with van der Waals surface area (Å²) < 4.78 is 12.1. The van der Waals surface area contributed by atoms with E-state index in [0.717, 1.165) is 11.4 Å². The molecule has 10 heteroatoms. The number of nitro benzene ring substituents is 1. The predicted octanol–water partition coefficient (Wildman–Crippen LogP) is 3.28. The number of aromatic nitrogens is 2. The van der Waals surface area contributed by atoms with Crippen LogP contribution in [0.15, 0.2) is 54.7 Å². The van der Waals surface area contributed by atoms with Crippen LogP contribution >= 0.6 is 0 Å². The third-order valence-corrected chi connectivity index (χ3v) is 4.48. The van der Waals surface area contributed by atoms with Crippen LogP contribution in [-0.4, -0.2) is 39.8 Å². The van der Waals surface area contributed by atoms with Gasteiger partial charge in [0.15, 0.2) is 6.10 Å². The van der Waals surface area contributed by atoms with Gasteiger partial charge in [-0.3, -0.25) is 14.9 Å². The number of ether oxygens (including phenoxy) is 2. The number of benzene rings is 2. The average Bonchev–Trinajstić information content (AvgIpc) is 3.19. The molecule has 3 rings (SSSR count). The second kappa shape index (κ2) is 9.08. The van der Waals surface area contributed by atoms with E-state index < -0.39 is 22.9 Å². The highest BCUT2D eigenvalue weighted by Crippen LogP contribution is 2.29. The number of hydrogen-bond acceptors (Lipinski definition) is 7. The summed E-state index contributed by atoms with van der Waals surface area (Å²) in [6.45, 7) is 3.31. The Morgan fingerprint density at radius 2 is 1.87 bits per heavy atom. The minimum Gasteiger partial charge on any atom is -0.495 e. The molecule has 0 bridgehead atoms. The van der Waals surface area contributed by atoms with E-state index in [4.69, 9.17) is 9.47 Å². The topological polar surface area (TPSA) is 126 Å². The third-order valence-electron chi connectivity index (χ3n) is 4.48. The van der Waals surface area contributed by atoms with E-state index in [0.29, 0.717) is 0 Å². The Labute approximate surface area is 177 Å². The lowest BCUT2D eigenvalue weighted by atomic mass is 10.2. The second-order valence-electron chi connectivity index (χ2n) is 6.61. The number of nitrogens with zero attached hydrogens (tertiary/aromatic N) is 3. The van der Waals surface area contributed by atoms with Crippen LogP contribution in [0.3, 0.4) is 0 Å². The van der Waals surface area contributed by atoms with E-state index in [1.54, 1.807) is 35.1 Å². The minimum absolute atomic E-state index is 0.101. The van der Waals surface area contributed by atoms with E-state index in [2.05, 4.69) is 10.4 Å². The number of carbonyl (C=O) groups excluding carboxylic acids is 2. The quantitative estimate of drug-likeness (QED) is 0.350. The maximum atomic E-state index is 12.5. The molecule has 0 aliphatic rings. The van der Waals surface area contributed by atoms with Crippen molar-refractivity contribution in [2.75, 3.05) is 12.4 Å². The van der Waals surface area contributed by atoms with Crippen LogP contribution in [0, 0.1) is 17.0 Å². The Morgan fingerprint density at radius 3 is 2.45 bits per heavy atom. The maximum absolute atomic E-state index is 12.5. The first-order chi connectivity index (χ1) is 14.8. The van der Waals surface area contributed by atoms with E-state index in [-0.39, 0.29) is 22.7 Å². The van der Waals surface area contributed by atoms with E-state index >= 15 is 0 Å². The summed E-state index contributed by atoms with van der Waals surface area (Å²) in [4.78, 5) is 35.2. The lowest BCUT2D eigenvalue weighted by Crippen LogP contribution is -2.30. The van der Waals surface area contributed by atoms with Crippen molar-refractivity contribution in [3.8, 4) is 11.4 Å². The molecule has 1 N–H and O–H groups in total. The standard InChI is InChI=1S/C21H20N4O6/c1-13-10-11-22-24(13)16-6-4-15(5-7-16)21(27)31-14(2)20(26)23-18-12-17(25(28)29)8-9-19(18)30-3/h4-12,14H,1-3H3,(H,23,26). The van der Waals surface area contributed by atoms with Crippen LogP contribution in [0.4, 0.5) is 11.4 Å². The van der Waals surface area contributed by atoms with Crippen molar-refractivity contribution in [1.82, 2.24) is 9.78 Å². The van der Waals surface area contributed by atoms with E-state index in [9.17, 15) is 19.7 Å². The molecule has 1 atom stereocenters. The number of non-ortho nitro benzene ring substituents is 1. The van der Waals surface area contributed by atoms with Gasteiger partial charge < -0.3 is 14.8 Å². The summed E-state index contributed by atoms with van der Waals surface area (Å²) >= 11 is 0. The number of amides is 1. The highest BCUT2D eigenvalue weighted by Gasteiger charge is 2.21. The lowest BCUT2D eigenvalue weighted by molar-refractivity contribution is -0.384. The Morgan fingerprint density at radius 1 is 1.16 bits per heavy atom. The normalized spacial score (nSPS) is 11.5. The Balaban J connectivity index is 1.67. The molecule has 3 aromatic rings. The van der Waals surface area contributed by atoms with Gasteiger partial charge in [0.2, 0.25) is 0 Å². The first kappa shape index (κ1) is 21.5. The van der Waals surface area contributed by atoms with Gasteiger partial charge >= 0.3 is 5.97 Å². The molecule has 0 radical (unpaired) electrons. The maximum Gasteiger partial charge on any atom is 0.338 e. The van der Waals surface area contributed by atoms with Crippen LogP contribution in [0.25, 0.3) is 5.69 Å². The first-order valence-electron chi connectivity index (χ1n) is 9.25. The third kappa shape index (κ3) is 4.86. The van der Waals surface area contributed by atoms with Crippen molar-refractivity contribution < 1.29 is 24.0 Å². The fourth-order valence-electron chi connectivity index (χ4n) is 2.80. The van der Waals surface area contributed by atoms with E-state index in [1.165, 1.54) is 32.2 Å². The molecule has 10 nitrogen and oxygen atoms in total. The molecule has 0 aliphatic heterocycles. The molecule has 1 heterocycles. The number of nitro groups is 1. The van der Waals surface area contributed by atoms with Gasteiger partial charge in [0, 0.05) is 24.0 Å². The average molecular weight is 424 g/mol. The SMILES string of the molecule is COc1ccc([N+](=O)[O-])cc1NC(=O)C(C)OC(=O)c1ccc(-n2nccc2C)cc1. The highest BCUT2D eigenvalue weighted by atomic mass is 16.6. The first-order valence-corrected chi connectivity index (χ1v) is 9.25. The molecule has 0 saturated carbocycles. The number of carbonyl (C=O) groups is 2. The molecule has 2 aromatic carbocycles. The van der Waals surface area contributed by atoms with Crippen LogP contribution in [-0.2, 0) is 9.53 Å². The molecule has 0 spiro atoms. The summed E-state index contributed by atoms with van der Waals surface area (Å²) in [6.07, 6.45) is 0.526. The van der Waals surface area contributed by atoms with Crippen molar-refractivity contribution in [3.63, 3.8) is 0 Å². The van der Waals surface area contributed by atoms with Crippen LogP contribution in [0.2, 0.25) is 0 Å². The number of methoxy groups -OCH3 is 1. The zero-order chi connectivity index (χ0) is 22.5. The predicted molar refractivity (Wildman–Crippen MR) is 111 cm³/mol. The van der Waals surface area contributed by atoms with Crippen LogP contribution in [0.5, 0.6) is 5.75 Å². The molecule has 1 unspecified atom stereocenters. The molecule has 0 saturated heterocycles. The Kier molecular flexibility index (Phi) is 6.29. The number of esters is 1. The summed E-state index contributed by atoms with van der Waals surface area (Å²) in [7, 11) is 1.37. The minimum atomic E-state index is -1.15. The second-order valence-corrected chi connectivity index (χ2v) is 6.61. The molecule has 31 heavy (non-hydrogen) atoms. The van der Waals surface area contributed by atoms with Crippen molar-refractivity contribution >= 4 is 23.3 Å². The molecular formula is C21H20N4O6. The summed E-state index contributed by atoms with van der Waals surface area (Å²) in [5.41, 5.74) is 1.87. The number of rotatable bonds is 7. The Bertz CT molecular complexity index is 1120. The van der Waals surface area contributed by atoms with Crippen molar-refractivity contribution in [3.05, 3.63) is 76.1 Å². The summed E-state index contributed by atoms with van der Waals surface area (Å²) in [5, 5.41) is 17.7. The van der Waals surface area contributed by atoms with Gasteiger partial charge in [-0.05, 0) is 50.2 Å². The van der Waals surface area contributed by atoms with Gasteiger partial charge in [-0.15, -0.1) is 0 Å². The van der Waals surface area contributed by atoms with Crippen molar-refractivity contribution in [2.45, 2.75) is 20.0 Å². The fraction of sp³-hybridized carbons (Fsp3) is 0.190. The van der Waals surface area contributed by atoms with Gasteiger partial charge in [0.1, 0.15) is 5.75 Å². The number of aryl methyl sites for hydroxylation is 1. The van der Waals surface area contributed by atoms with Gasteiger partial charge in [0.25, 0.3) is 11.6 Å².